The highest BCUT2D eigenvalue weighted by atomic mass is 16.5. The van der Waals surface area contributed by atoms with Crippen LogP contribution in [0.3, 0.4) is 0 Å². The zero-order chi connectivity index (χ0) is 25.1. The van der Waals surface area contributed by atoms with Crippen LogP contribution in [0.5, 0.6) is 11.5 Å². The van der Waals surface area contributed by atoms with Gasteiger partial charge in [-0.2, -0.15) is 0 Å². The molecule has 0 saturated carbocycles. The summed E-state index contributed by atoms with van der Waals surface area (Å²) in [6.45, 7) is 9.59. The van der Waals surface area contributed by atoms with Crippen molar-refractivity contribution in [3.63, 3.8) is 0 Å². The first kappa shape index (κ1) is 24.8. The molecule has 0 aliphatic carbocycles. The molecule has 2 heterocycles. The van der Waals surface area contributed by atoms with Crippen LogP contribution in [-0.4, -0.2) is 56.1 Å². The lowest BCUT2D eigenvalue weighted by Gasteiger charge is -2.27. The second-order valence-electron chi connectivity index (χ2n) is 8.75. The molecule has 1 aliphatic rings. The van der Waals surface area contributed by atoms with Gasteiger partial charge in [-0.15, -0.1) is 0 Å². The predicted molar refractivity (Wildman–Crippen MR) is 137 cm³/mol. The number of amides is 1. The van der Waals surface area contributed by atoms with Gasteiger partial charge in [-0.1, -0.05) is 32.9 Å². The third-order valence-electron chi connectivity index (χ3n) is 6.93. The highest BCUT2D eigenvalue weighted by molar-refractivity contribution is 5.99. The van der Waals surface area contributed by atoms with E-state index in [0.29, 0.717) is 34.6 Å². The van der Waals surface area contributed by atoms with Crippen molar-refractivity contribution in [1.82, 2.24) is 9.80 Å². The van der Waals surface area contributed by atoms with Gasteiger partial charge in [0.2, 0.25) is 5.76 Å². The van der Waals surface area contributed by atoms with Gasteiger partial charge in [0.05, 0.1) is 31.2 Å². The Morgan fingerprint density at radius 1 is 0.971 bits per heavy atom. The molecule has 7 heteroatoms. The lowest BCUT2D eigenvalue weighted by molar-refractivity contribution is 0.0720. The average Bonchev–Trinajstić information content (AvgIpc) is 3.17. The third kappa shape index (κ3) is 4.52. The fraction of sp³-hybridized carbons (Fsp3) is 0.429. The van der Waals surface area contributed by atoms with E-state index in [9.17, 15) is 9.59 Å². The highest BCUT2D eigenvalue weighted by Gasteiger charge is 2.42. The number of hydrogen-bond donors (Lipinski definition) is 0. The third-order valence-corrected chi connectivity index (χ3v) is 6.93. The summed E-state index contributed by atoms with van der Waals surface area (Å²) in [6.07, 6.45) is 1.60. The molecule has 1 unspecified atom stereocenters. The van der Waals surface area contributed by atoms with Crippen molar-refractivity contribution in [3.8, 4) is 11.5 Å². The van der Waals surface area contributed by atoms with Gasteiger partial charge in [0, 0.05) is 6.54 Å². The van der Waals surface area contributed by atoms with E-state index in [4.69, 9.17) is 13.9 Å². The lowest BCUT2D eigenvalue weighted by Crippen LogP contribution is -2.33. The maximum absolute atomic E-state index is 13.8. The molecule has 2 aromatic carbocycles. The van der Waals surface area contributed by atoms with Gasteiger partial charge in [0.15, 0.2) is 16.9 Å². The number of nitrogens with zero attached hydrogens (tertiary/aromatic N) is 2. The molecule has 0 fully saturated rings. The molecule has 35 heavy (non-hydrogen) atoms. The molecular weight excluding hydrogens is 444 g/mol. The molecule has 0 bridgehead atoms. The molecule has 0 radical (unpaired) electrons. The fourth-order valence-corrected chi connectivity index (χ4v) is 4.89. The molecule has 186 valence electrons. The molecule has 7 nitrogen and oxygen atoms in total. The number of rotatable bonds is 10. The Bertz CT molecular complexity index is 1280. The number of carbonyl (C=O) groups excluding carboxylic acids is 1. The van der Waals surface area contributed by atoms with E-state index in [1.54, 1.807) is 25.2 Å². The second kappa shape index (κ2) is 10.5. The quantitative estimate of drug-likeness (QED) is 0.422. The Labute approximate surface area is 206 Å². The average molecular weight is 479 g/mol. The van der Waals surface area contributed by atoms with Crippen LogP contribution in [0.2, 0.25) is 0 Å². The fourth-order valence-electron chi connectivity index (χ4n) is 4.89. The van der Waals surface area contributed by atoms with E-state index in [-0.39, 0.29) is 17.1 Å². The van der Waals surface area contributed by atoms with Gasteiger partial charge in [-0.25, -0.2) is 0 Å². The summed E-state index contributed by atoms with van der Waals surface area (Å²) in [7, 11) is 3.16. The summed E-state index contributed by atoms with van der Waals surface area (Å²) in [4.78, 5) is 31.5. The summed E-state index contributed by atoms with van der Waals surface area (Å²) in [6, 6.07) is 10.6. The number of methoxy groups -OCH3 is 2. The topological polar surface area (TPSA) is 72.2 Å². The van der Waals surface area contributed by atoms with Crippen molar-refractivity contribution >= 4 is 16.9 Å². The van der Waals surface area contributed by atoms with Gasteiger partial charge in [-0.05, 0) is 67.9 Å². The first-order valence-corrected chi connectivity index (χ1v) is 12.3. The van der Waals surface area contributed by atoms with Crippen molar-refractivity contribution < 1.29 is 18.7 Å². The molecule has 1 amide bonds. The Balaban J connectivity index is 1.84. The summed E-state index contributed by atoms with van der Waals surface area (Å²) in [5, 5.41) is 0.506. The maximum Gasteiger partial charge on any atom is 0.290 e. The van der Waals surface area contributed by atoms with Crippen molar-refractivity contribution in [2.24, 2.45) is 0 Å². The van der Waals surface area contributed by atoms with Crippen LogP contribution in [-0.2, 0) is 6.42 Å². The van der Waals surface area contributed by atoms with Crippen LogP contribution in [0.4, 0.5) is 0 Å². The smallest absolute Gasteiger partial charge is 0.290 e. The lowest BCUT2D eigenvalue weighted by atomic mass is 9.97. The van der Waals surface area contributed by atoms with Gasteiger partial charge < -0.3 is 23.7 Å². The van der Waals surface area contributed by atoms with E-state index in [1.807, 2.05) is 37.3 Å². The molecule has 1 atom stereocenters. The van der Waals surface area contributed by atoms with Gasteiger partial charge in [0.1, 0.15) is 5.58 Å². The van der Waals surface area contributed by atoms with Crippen LogP contribution in [0.15, 0.2) is 45.6 Å². The van der Waals surface area contributed by atoms with Crippen LogP contribution in [0, 0.1) is 0 Å². The summed E-state index contributed by atoms with van der Waals surface area (Å²) >= 11 is 0. The van der Waals surface area contributed by atoms with Gasteiger partial charge >= 0.3 is 0 Å². The minimum Gasteiger partial charge on any atom is -0.493 e. The van der Waals surface area contributed by atoms with E-state index in [2.05, 4.69) is 18.7 Å². The first-order chi connectivity index (χ1) is 17.0. The van der Waals surface area contributed by atoms with Crippen LogP contribution >= 0.6 is 0 Å². The van der Waals surface area contributed by atoms with Crippen LogP contribution in [0.1, 0.15) is 60.5 Å². The molecule has 3 aromatic rings. The van der Waals surface area contributed by atoms with Crippen molar-refractivity contribution in [2.75, 3.05) is 40.4 Å². The SMILES string of the molecule is CCc1ccc2oc3c(c(=O)c2c1)C(c1ccc(OC)c(OC)c1)N(CCCN(CC)CC)C3=O. The Hall–Kier alpha value is -3.32. The number of fused-ring (bicyclic) bond motifs is 2. The van der Waals surface area contributed by atoms with Gasteiger partial charge in [0.25, 0.3) is 5.91 Å². The minimum absolute atomic E-state index is 0.134. The molecule has 0 N–H and O–H groups in total. The molecule has 0 spiro atoms. The number of benzene rings is 2. The molecule has 0 saturated heterocycles. The number of hydrogen-bond acceptors (Lipinski definition) is 6. The van der Waals surface area contributed by atoms with Crippen molar-refractivity contribution in [2.45, 2.75) is 39.7 Å². The largest absolute Gasteiger partial charge is 0.493 e. The Morgan fingerprint density at radius 3 is 2.37 bits per heavy atom. The van der Waals surface area contributed by atoms with E-state index < -0.39 is 6.04 Å². The number of carbonyl (C=O) groups is 1. The number of ether oxygens (including phenoxy) is 2. The maximum atomic E-state index is 13.8. The van der Waals surface area contributed by atoms with Gasteiger partial charge in [-0.3, -0.25) is 9.59 Å². The first-order valence-electron chi connectivity index (χ1n) is 12.3. The molecule has 1 aromatic heterocycles. The molecule has 1 aliphatic heterocycles. The zero-order valence-electron chi connectivity index (χ0n) is 21.2. The predicted octanol–water partition coefficient (Wildman–Crippen LogP) is 4.65. The standard InChI is InChI=1S/C28H34N2O5/c1-6-18-10-12-21-20(16-18)26(31)24-25(19-11-13-22(33-4)23(17-19)34-5)30(28(32)27(24)35-21)15-9-14-29(7-2)8-3/h10-13,16-17,25H,6-9,14-15H2,1-5H3. The summed E-state index contributed by atoms with van der Waals surface area (Å²) in [5.74, 6) is 1.02. The van der Waals surface area contributed by atoms with Crippen LogP contribution < -0.4 is 14.9 Å². The van der Waals surface area contributed by atoms with E-state index >= 15 is 0 Å². The van der Waals surface area contributed by atoms with Crippen molar-refractivity contribution in [1.29, 1.82) is 0 Å². The van der Waals surface area contributed by atoms with Crippen LogP contribution in [0.25, 0.3) is 11.0 Å². The Morgan fingerprint density at radius 2 is 1.71 bits per heavy atom. The van der Waals surface area contributed by atoms with E-state index in [0.717, 1.165) is 43.6 Å². The second-order valence-corrected chi connectivity index (χ2v) is 8.75. The number of aryl methyl sites for hydroxylation is 1. The highest BCUT2D eigenvalue weighted by Crippen LogP contribution is 2.41. The zero-order valence-corrected chi connectivity index (χ0v) is 21.2. The molecular formula is C28H34N2O5. The minimum atomic E-state index is -0.556. The normalized spacial score (nSPS) is 15.2. The monoisotopic (exact) mass is 478 g/mol. The Kier molecular flexibility index (Phi) is 7.45. The summed E-state index contributed by atoms with van der Waals surface area (Å²) < 4.78 is 17.0. The van der Waals surface area contributed by atoms with E-state index in [1.165, 1.54) is 0 Å². The summed E-state index contributed by atoms with van der Waals surface area (Å²) in [5.41, 5.74) is 2.51. The van der Waals surface area contributed by atoms with Crippen molar-refractivity contribution in [3.05, 3.63) is 69.1 Å². The molecule has 4 rings (SSSR count).